The molecule has 24 heavy (non-hydrogen) atoms. The molecule has 0 bridgehead atoms. The number of carbonyl (C=O) groups excluding carboxylic acids is 3. The van der Waals surface area contributed by atoms with E-state index in [1.165, 1.54) is 0 Å². The predicted molar refractivity (Wildman–Crippen MR) is 92.3 cm³/mol. The third-order valence-electron chi connectivity index (χ3n) is 3.86. The fraction of sp³-hybridized carbons (Fsp3) is 0.824. The molecule has 0 rings (SSSR count). The lowest BCUT2D eigenvalue weighted by atomic mass is 9.93. The van der Waals surface area contributed by atoms with E-state index in [0.717, 1.165) is 19.3 Å². The predicted octanol–water partition coefficient (Wildman–Crippen LogP) is 1.70. The molecule has 3 amide bonds. The van der Waals surface area contributed by atoms with Gasteiger partial charge in [0, 0.05) is 25.4 Å². The zero-order valence-electron chi connectivity index (χ0n) is 15.4. The Morgan fingerprint density at radius 3 is 2.29 bits per heavy atom. The summed E-state index contributed by atoms with van der Waals surface area (Å²) >= 11 is 0. The molecule has 0 radical (unpaired) electrons. The van der Waals surface area contributed by atoms with Crippen molar-refractivity contribution in [2.75, 3.05) is 19.6 Å². The highest BCUT2D eigenvalue weighted by molar-refractivity contribution is 5.88. The van der Waals surface area contributed by atoms with Gasteiger partial charge in [0.25, 0.3) is 0 Å². The standard InChI is InChI=1S/C17H33N3O4/c1-5-7-8-9-20(6-2)16(22)12-18-17(23)14(10-13(3)4)11-15(21)19-24/h13-14,24H,5-12H2,1-4H3,(H,18,23)(H,19,21). The number of hydrogen-bond acceptors (Lipinski definition) is 4. The Hall–Kier alpha value is -1.63. The first-order valence-electron chi connectivity index (χ1n) is 8.84. The molecule has 7 nitrogen and oxygen atoms in total. The number of rotatable bonds is 12. The van der Waals surface area contributed by atoms with Crippen molar-refractivity contribution in [1.29, 1.82) is 0 Å². The Morgan fingerprint density at radius 2 is 1.79 bits per heavy atom. The van der Waals surface area contributed by atoms with Crippen molar-refractivity contribution in [2.24, 2.45) is 11.8 Å². The number of likely N-dealkylation sites (N-methyl/N-ethyl adjacent to an activating group) is 1. The molecule has 1 unspecified atom stereocenters. The van der Waals surface area contributed by atoms with E-state index in [1.807, 2.05) is 20.8 Å². The lowest BCUT2D eigenvalue weighted by Gasteiger charge is -2.22. The minimum atomic E-state index is -0.600. The zero-order valence-corrected chi connectivity index (χ0v) is 15.4. The topological polar surface area (TPSA) is 98.7 Å². The third kappa shape index (κ3) is 9.50. The molecule has 0 aromatic rings. The first-order valence-corrected chi connectivity index (χ1v) is 8.84. The molecule has 0 aromatic heterocycles. The van der Waals surface area contributed by atoms with Gasteiger partial charge in [-0.3, -0.25) is 19.6 Å². The monoisotopic (exact) mass is 343 g/mol. The number of nitrogens with zero attached hydrogens (tertiary/aromatic N) is 1. The van der Waals surface area contributed by atoms with Crippen LogP contribution in [0.1, 0.15) is 59.8 Å². The van der Waals surface area contributed by atoms with Gasteiger partial charge in [-0.2, -0.15) is 0 Å². The van der Waals surface area contributed by atoms with Crippen molar-refractivity contribution in [3.8, 4) is 0 Å². The van der Waals surface area contributed by atoms with Crippen LogP contribution in [-0.4, -0.2) is 47.5 Å². The molecular weight excluding hydrogens is 310 g/mol. The van der Waals surface area contributed by atoms with Gasteiger partial charge in [-0.05, 0) is 25.7 Å². The van der Waals surface area contributed by atoms with Gasteiger partial charge in [-0.15, -0.1) is 0 Å². The maximum atomic E-state index is 12.3. The molecule has 0 aromatic carbocycles. The summed E-state index contributed by atoms with van der Waals surface area (Å²) in [6.45, 7) is 9.18. The summed E-state index contributed by atoms with van der Waals surface area (Å²) < 4.78 is 0. The van der Waals surface area contributed by atoms with Crippen LogP contribution in [0.2, 0.25) is 0 Å². The molecule has 0 aliphatic rings. The number of carbonyl (C=O) groups is 3. The number of unbranched alkanes of at least 4 members (excludes halogenated alkanes) is 2. The van der Waals surface area contributed by atoms with Crippen molar-refractivity contribution < 1.29 is 19.6 Å². The van der Waals surface area contributed by atoms with Crippen molar-refractivity contribution in [2.45, 2.75) is 59.8 Å². The Kier molecular flexibility index (Phi) is 11.9. The average molecular weight is 343 g/mol. The van der Waals surface area contributed by atoms with Crippen LogP contribution in [0.3, 0.4) is 0 Å². The minimum Gasteiger partial charge on any atom is -0.347 e. The van der Waals surface area contributed by atoms with Gasteiger partial charge in [-0.1, -0.05) is 33.6 Å². The van der Waals surface area contributed by atoms with Gasteiger partial charge in [0.2, 0.25) is 17.7 Å². The van der Waals surface area contributed by atoms with Gasteiger partial charge < -0.3 is 10.2 Å². The first kappa shape index (κ1) is 22.4. The molecule has 140 valence electrons. The van der Waals surface area contributed by atoms with E-state index in [-0.39, 0.29) is 30.7 Å². The van der Waals surface area contributed by atoms with Crippen LogP contribution in [-0.2, 0) is 14.4 Å². The average Bonchev–Trinajstić information content (AvgIpc) is 2.55. The Bertz CT molecular complexity index is 399. The summed E-state index contributed by atoms with van der Waals surface area (Å²) in [7, 11) is 0. The van der Waals surface area contributed by atoms with E-state index in [0.29, 0.717) is 19.5 Å². The van der Waals surface area contributed by atoms with Crippen molar-refractivity contribution >= 4 is 17.7 Å². The van der Waals surface area contributed by atoms with E-state index in [2.05, 4.69) is 12.2 Å². The highest BCUT2D eigenvalue weighted by atomic mass is 16.5. The van der Waals surface area contributed by atoms with Gasteiger partial charge in [-0.25, -0.2) is 5.48 Å². The lowest BCUT2D eigenvalue weighted by molar-refractivity contribution is -0.136. The zero-order chi connectivity index (χ0) is 18.5. The number of nitrogens with one attached hydrogen (secondary N) is 2. The second-order valence-corrected chi connectivity index (χ2v) is 6.46. The second-order valence-electron chi connectivity index (χ2n) is 6.46. The van der Waals surface area contributed by atoms with Crippen LogP contribution in [0.25, 0.3) is 0 Å². The normalized spacial score (nSPS) is 11.9. The second kappa shape index (κ2) is 12.8. The SMILES string of the molecule is CCCCCN(CC)C(=O)CNC(=O)C(CC(=O)NO)CC(C)C. The minimum absolute atomic E-state index is 0.0614. The quantitative estimate of drug-likeness (QED) is 0.285. The van der Waals surface area contributed by atoms with E-state index in [4.69, 9.17) is 5.21 Å². The fourth-order valence-corrected chi connectivity index (χ4v) is 2.55. The summed E-state index contributed by atoms with van der Waals surface area (Å²) in [6.07, 6.45) is 3.54. The summed E-state index contributed by atoms with van der Waals surface area (Å²) in [6, 6.07) is 0. The molecule has 0 saturated heterocycles. The molecule has 0 heterocycles. The summed E-state index contributed by atoms with van der Waals surface area (Å²) in [4.78, 5) is 37.5. The van der Waals surface area contributed by atoms with Crippen LogP contribution in [0.15, 0.2) is 0 Å². The largest absolute Gasteiger partial charge is 0.347 e. The van der Waals surface area contributed by atoms with Gasteiger partial charge >= 0.3 is 0 Å². The van der Waals surface area contributed by atoms with Crippen LogP contribution < -0.4 is 10.8 Å². The van der Waals surface area contributed by atoms with Crippen molar-refractivity contribution in [1.82, 2.24) is 15.7 Å². The molecule has 7 heteroatoms. The van der Waals surface area contributed by atoms with Crippen LogP contribution in [0.4, 0.5) is 0 Å². The number of amides is 3. The molecule has 0 spiro atoms. The van der Waals surface area contributed by atoms with Crippen LogP contribution in [0, 0.1) is 11.8 Å². The van der Waals surface area contributed by atoms with Gasteiger partial charge in [0.05, 0.1) is 6.54 Å². The molecule has 3 N–H and O–H groups in total. The van der Waals surface area contributed by atoms with Crippen molar-refractivity contribution in [3.05, 3.63) is 0 Å². The van der Waals surface area contributed by atoms with Gasteiger partial charge in [0.15, 0.2) is 0 Å². The third-order valence-corrected chi connectivity index (χ3v) is 3.86. The van der Waals surface area contributed by atoms with E-state index in [1.54, 1.807) is 10.4 Å². The number of hydroxylamine groups is 1. The first-order chi connectivity index (χ1) is 11.3. The van der Waals surface area contributed by atoms with Gasteiger partial charge in [0.1, 0.15) is 0 Å². The Balaban J connectivity index is 4.51. The lowest BCUT2D eigenvalue weighted by Crippen LogP contribution is -2.43. The summed E-state index contributed by atoms with van der Waals surface area (Å²) in [5, 5.41) is 11.3. The molecule has 1 atom stereocenters. The van der Waals surface area contributed by atoms with Crippen molar-refractivity contribution in [3.63, 3.8) is 0 Å². The molecule has 0 aliphatic carbocycles. The summed E-state index contributed by atoms with van der Waals surface area (Å²) in [5.41, 5.74) is 1.55. The Morgan fingerprint density at radius 1 is 1.12 bits per heavy atom. The maximum Gasteiger partial charge on any atom is 0.244 e. The molecular formula is C17H33N3O4. The van der Waals surface area contributed by atoms with Crippen LogP contribution >= 0.6 is 0 Å². The highest BCUT2D eigenvalue weighted by Crippen LogP contribution is 2.15. The van der Waals surface area contributed by atoms with E-state index in [9.17, 15) is 14.4 Å². The molecule has 0 aliphatic heterocycles. The Labute approximate surface area is 145 Å². The van der Waals surface area contributed by atoms with E-state index < -0.39 is 11.8 Å². The highest BCUT2D eigenvalue weighted by Gasteiger charge is 2.23. The molecule has 0 saturated carbocycles. The fourth-order valence-electron chi connectivity index (χ4n) is 2.55. The molecule has 0 fully saturated rings. The maximum absolute atomic E-state index is 12.3. The number of hydrogen-bond donors (Lipinski definition) is 3. The smallest absolute Gasteiger partial charge is 0.244 e. The van der Waals surface area contributed by atoms with Crippen LogP contribution in [0.5, 0.6) is 0 Å². The summed E-state index contributed by atoms with van der Waals surface area (Å²) in [5.74, 6) is -1.37. The van der Waals surface area contributed by atoms with E-state index >= 15 is 0 Å².